The van der Waals surface area contributed by atoms with E-state index < -0.39 is 0 Å². The first-order chi connectivity index (χ1) is 8.65. The van der Waals surface area contributed by atoms with E-state index in [0.29, 0.717) is 0 Å². The van der Waals surface area contributed by atoms with E-state index in [1.165, 1.54) is 16.3 Å². The molecule has 4 heteroatoms. The number of hydrogen-bond acceptors (Lipinski definition) is 2. The molecule has 0 aliphatic rings. The predicted octanol–water partition coefficient (Wildman–Crippen LogP) is 4.68. The molecule has 0 N–H and O–H groups in total. The molecule has 98 valence electrons. The Morgan fingerprint density at radius 1 is 1.17 bits per heavy atom. The SMILES string of the molecule is CCC(C)Oc1[c-]ccc(OC(C)CC)c1.[Zn+][Br]. The molecule has 0 spiro atoms. The monoisotopic (exact) mass is 364 g/mol. The maximum atomic E-state index is 5.72. The third-order valence-electron chi connectivity index (χ3n) is 2.56. The van der Waals surface area contributed by atoms with Gasteiger partial charge in [0, 0.05) is 11.5 Å². The van der Waals surface area contributed by atoms with Crippen molar-refractivity contribution in [2.24, 2.45) is 0 Å². The predicted molar refractivity (Wildman–Crippen MR) is 75.0 cm³/mol. The summed E-state index contributed by atoms with van der Waals surface area (Å²) < 4.78 is 11.4. The summed E-state index contributed by atoms with van der Waals surface area (Å²) >= 11 is 4.25. The minimum absolute atomic E-state index is 0.218. The van der Waals surface area contributed by atoms with Crippen molar-refractivity contribution in [1.82, 2.24) is 0 Å². The molecule has 0 saturated heterocycles. The number of halogens is 1. The molecule has 18 heavy (non-hydrogen) atoms. The van der Waals surface area contributed by atoms with Gasteiger partial charge in [-0.15, -0.1) is 12.1 Å². The van der Waals surface area contributed by atoms with Gasteiger partial charge in [0.05, 0.1) is 12.2 Å². The van der Waals surface area contributed by atoms with Crippen LogP contribution in [0, 0.1) is 6.07 Å². The molecule has 2 nitrogen and oxygen atoms in total. The van der Waals surface area contributed by atoms with E-state index in [2.05, 4.69) is 47.4 Å². The minimum atomic E-state index is 0.218. The Balaban J connectivity index is 0.00000137. The van der Waals surface area contributed by atoms with Crippen molar-refractivity contribution in [3.63, 3.8) is 0 Å². The quantitative estimate of drug-likeness (QED) is 0.537. The average molecular weight is 367 g/mol. The van der Waals surface area contributed by atoms with Crippen LogP contribution in [0.4, 0.5) is 0 Å². The standard InChI is InChI=1S/C14H21O2.BrH.Zn/c1-5-11(3)15-13-8-7-9-14(10-13)16-12(4)6-2;;/h7-8,10-12H,5-6H2,1-4H3;1H;/q-1;;+2/p-1. The zero-order chi connectivity index (χ0) is 14.0. The molecule has 0 aromatic heterocycles. The van der Waals surface area contributed by atoms with Gasteiger partial charge in [0.1, 0.15) is 0 Å². The van der Waals surface area contributed by atoms with Gasteiger partial charge in [0.25, 0.3) is 0 Å². The molecular formula is C14H21BrO2Zn. The summed E-state index contributed by atoms with van der Waals surface area (Å²) in [5.74, 6) is 1.61. The molecule has 2 unspecified atom stereocenters. The van der Waals surface area contributed by atoms with E-state index >= 15 is 0 Å². The zero-order valence-electron chi connectivity index (χ0n) is 11.7. The van der Waals surface area contributed by atoms with Gasteiger partial charge in [0.2, 0.25) is 0 Å². The van der Waals surface area contributed by atoms with Crippen molar-refractivity contribution in [1.29, 1.82) is 0 Å². The third-order valence-corrected chi connectivity index (χ3v) is 2.56. The van der Waals surface area contributed by atoms with Gasteiger partial charge in [-0.3, -0.25) is 0 Å². The van der Waals surface area contributed by atoms with Crippen molar-refractivity contribution in [2.45, 2.75) is 52.7 Å². The van der Waals surface area contributed by atoms with Crippen LogP contribution in [0.5, 0.6) is 11.5 Å². The number of rotatable bonds is 6. The van der Waals surface area contributed by atoms with Crippen LogP contribution in [0.1, 0.15) is 40.5 Å². The Morgan fingerprint density at radius 3 is 2.28 bits per heavy atom. The van der Waals surface area contributed by atoms with Crippen molar-refractivity contribution < 1.29 is 25.8 Å². The second-order valence-electron chi connectivity index (χ2n) is 4.06. The molecule has 0 bridgehead atoms. The van der Waals surface area contributed by atoms with Gasteiger partial charge in [-0.25, -0.2) is 0 Å². The van der Waals surface area contributed by atoms with Crippen LogP contribution >= 0.6 is 13.6 Å². The van der Waals surface area contributed by atoms with E-state index in [9.17, 15) is 0 Å². The average Bonchev–Trinajstić information content (AvgIpc) is 2.41. The normalized spacial score (nSPS) is 13.1. The Hall–Kier alpha value is -0.0766. The molecule has 0 saturated carbocycles. The summed E-state index contributed by atoms with van der Waals surface area (Å²) in [6, 6.07) is 8.72. The summed E-state index contributed by atoms with van der Waals surface area (Å²) in [5.41, 5.74) is 0. The zero-order valence-corrected chi connectivity index (χ0v) is 16.3. The summed E-state index contributed by atoms with van der Waals surface area (Å²) in [5, 5.41) is 0. The number of benzene rings is 1. The van der Waals surface area contributed by atoms with E-state index in [4.69, 9.17) is 9.47 Å². The van der Waals surface area contributed by atoms with Crippen LogP contribution in [0.3, 0.4) is 0 Å². The van der Waals surface area contributed by atoms with Crippen LogP contribution in [0.25, 0.3) is 0 Å². The molecule has 1 aromatic rings. The first-order valence-corrected chi connectivity index (χ1v) is 13.2. The van der Waals surface area contributed by atoms with Crippen molar-refractivity contribution in [2.75, 3.05) is 0 Å². The fraction of sp³-hybridized carbons (Fsp3) is 0.571. The molecule has 0 fully saturated rings. The van der Waals surface area contributed by atoms with E-state index in [1.807, 2.05) is 18.2 Å². The molecular weight excluding hydrogens is 345 g/mol. The van der Waals surface area contributed by atoms with Crippen LogP contribution in [-0.2, 0) is 16.3 Å². The summed E-state index contributed by atoms with van der Waals surface area (Å²) in [6.45, 7) is 8.32. The molecule has 0 amide bonds. The van der Waals surface area contributed by atoms with E-state index in [0.717, 1.165) is 24.3 Å². The molecule has 0 aliphatic carbocycles. The summed E-state index contributed by atoms with van der Waals surface area (Å²) in [4.78, 5) is 0. The van der Waals surface area contributed by atoms with Gasteiger partial charge >= 0.3 is 30.0 Å². The Bertz CT molecular complexity index is 293. The van der Waals surface area contributed by atoms with E-state index in [1.54, 1.807) is 0 Å². The molecule has 2 atom stereocenters. The van der Waals surface area contributed by atoms with Gasteiger partial charge in [-0.1, -0.05) is 19.9 Å². The van der Waals surface area contributed by atoms with Crippen molar-refractivity contribution in [3.8, 4) is 11.5 Å². The topological polar surface area (TPSA) is 18.5 Å². The fourth-order valence-corrected chi connectivity index (χ4v) is 1.18. The Labute approximate surface area is 127 Å². The molecule has 1 rings (SSSR count). The van der Waals surface area contributed by atoms with Crippen LogP contribution < -0.4 is 9.47 Å². The van der Waals surface area contributed by atoms with Gasteiger partial charge in [-0.05, 0) is 26.7 Å². The van der Waals surface area contributed by atoms with Crippen LogP contribution in [0.2, 0.25) is 0 Å². The molecule has 0 aliphatic heterocycles. The molecule has 0 radical (unpaired) electrons. The van der Waals surface area contributed by atoms with Crippen molar-refractivity contribution in [3.05, 3.63) is 24.3 Å². The molecule has 1 aromatic carbocycles. The Morgan fingerprint density at radius 2 is 1.72 bits per heavy atom. The fourth-order valence-electron chi connectivity index (χ4n) is 1.18. The van der Waals surface area contributed by atoms with Crippen molar-refractivity contribution >= 4 is 13.6 Å². The van der Waals surface area contributed by atoms with Crippen LogP contribution in [-0.4, -0.2) is 12.2 Å². The van der Waals surface area contributed by atoms with Gasteiger partial charge in [0.15, 0.2) is 0 Å². The first-order valence-electron chi connectivity index (χ1n) is 6.27. The number of hydrogen-bond donors (Lipinski definition) is 0. The second kappa shape index (κ2) is 10.8. The number of ether oxygens (including phenoxy) is 2. The third kappa shape index (κ3) is 7.38. The van der Waals surface area contributed by atoms with Gasteiger partial charge in [-0.2, -0.15) is 6.07 Å². The molecule has 0 heterocycles. The van der Waals surface area contributed by atoms with E-state index in [-0.39, 0.29) is 12.2 Å². The summed E-state index contributed by atoms with van der Waals surface area (Å²) in [7, 11) is 0. The first kappa shape index (κ1) is 17.9. The maximum absolute atomic E-state index is 5.72. The van der Waals surface area contributed by atoms with Gasteiger partial charge < -0.3 is 9.47 Å². The second-order valence-corrected chi connectivity index (χ2v) is 4.06. The van der Waals surface area contributed by atoms with Crippen LogP contribution in [0.15, 0.2) is 18.2 Å². The summed E-state index contributed by atoms with van der Waals surface area (Å²) in [6.07, 6.45) is 2.44. The Kier molecular flexibility index (Phi) is 10.8.